The minimum atomic E-state index is -0.772. The highest BCUT2D eigenvalue weighted by Gasteiger charge is 2.37. The number of nitro groups is 1. The van der Waals surface area contributed by atoms with Crippen LogP contribution in [0.3, 0.4) is 0 Å². The number of ether oxygens (including phenoxy) is 1. The van der Waals surface area contributed by atoms with Crippen LogP contribution in [0.2, 0.25) is 0 Å². The lowest BCUT2D eigenvalue weighted by Gasteiger charge is -2.19. The van der Waals surface area contributed by atoms with Gasteiger partial charge in [0, 0.05) is 25.2 Å². The monoisotopic (exact) mass is 392 g/mol. The highest BCUT2D eigenvalue weighted by molar-refractivity contribution is 6.22. The van der Waals surface area contributed by atoms with Crippen LogP contribution in [0.4, 0.5) is 10.5 Å². The number of imide groups is 1. The maximum absolute atomic E-state index is 12.3. The third kappa shape index (κ3) is 5.02. The van der Waals surface area contributed by atoms with E-state index in [0.717, 1.165) is 12.1 Å². The van der Waals surface area contributed by atoms with Gasteiger partial charge in [0.15, 0.2) is 0 Å². The second-order valence-electron chi connectivity index (χ2n) is 6.96. The number of nitrogens with one attached hydrogen (secondary N) is 2. The summed E-state index contributed by atoms with van der Waals surface area (Å²) in [6.45, 7) is 4.76. The van der Waals surface area contributed by atoms with Crippen LogP contribution in [0.1, 0.15) is 41.5 Å². The van der Waals surface area contributed by atoms with Gasteiger partial charge in [0.05, 0.1) is 16.1 Å². The van der Waals surface area contributed by atoms with E-state index in [2.05, 4.69) is 10.6 Å². The van der Waals surface area contributed by atoms with Gasteiger partial charge in [0.25, 0.3) is 17.5 Å². The first kappa shape index (κ1) is 20.8. The van der Waals surface area contributed by atoms with Crippen molar-refractivity contribution in [3.05, 3.63) is 39.4 Å². The van der Waals surface area contributed by atoms with Gasteiger partial charge in [-0.25, -0.2) is 4.79 Å². The zero-order valence-electron chi connectivity index (χ0n) is 15.6. The minimum absolute atomic E-state index is 0.00925. The molecule has 0 fully saturated rings. The summed E-state index contributed by atoms with van der Waals surface area (Å²) in [6, 6.07) is 3.32. The van der Waals surface area contributed by atoms with Gasteiger partial charge in [-0.2, -0.15) is 0 Å². The summed E-state index contributed by atoms with van der Waals surface area (Å²) in [5.74, 6) is -2.09. The van der Waals surface area contributed by atoms with E-state index < -0.39 is 40.9 Å². The minimum Gasteiger partial charge on any atom is -0.444 e. The number of nitro benzene ring substituents is 1. The summed E-state index contributed by atoms with van der Waals surface area (Å²) >= 11 is 0. The number of carbonyl (C=O) groups is 4. The van der Waals surface area contributed by atoms with Gasteiger partial charge < -0.3 is 15.4 Å². The van der Waals surface area contributed by atoms with Crippen LogP contribution in [0.25, 0.3) is 0 Å². The first-order valence-corrected chi connectivity index (χ1v) is 8.38. The first-order chi connectivity index (χ1) is 13.0. The van der Waals surface area contributed by atoms with Crippen molar-refractivity contribution in [1.82, 2.24) is 15.5 Å². The van der Waals surface area contributed by atoms with Crippen molar-refractivity contribution in [3.8, 4) is 0 Å². The van der Waals surface area contributed by atoms with E-state index >= 15 is 0 Å². The largest absolute Gasteiger partial charge is 0.444 e. The normalized spacial score (nSPS) is 13.2. The number of benzene rings is 1. The van der Waals surface area contributed by atoms with Crippen LogP contribution in [0.15, 0.2) is 18.2 Å². The van der Waals surface area contributed by atoms with E-state index in [0.29, 0.717) is 4.90 Å². The molecule has 0 atom stereocenters. The summed E-state index contributed by atoms with van der Waals surface area (Å²) in [7, 11) is 0. The molecule has 2 N–H and O–H groups in total. The first-order valence-electron chi connectivity index (χ1n) is 8.38. The fourth-order valence-corrected chi connectivity index (χ4v) is 2.42. The summed E-state index contributed by atoms with van der Waals surface area (Å²) in [5, 5.41) is 15.7. The second kappa shape index (κ2) is 8.03. The molecule has 1 aliphatic heterocycles. The van der Waals surface area contributed by atoms with Crippen LogP contribution in [-0.2, 0) is 9.53 Å². The van der Waals surface area contributed by atoms with E-state index in [4.69, 9.17) is 4.74 Å². The van der Waals surface area contributed by atoms with Gasteiger partial charge in [0.1, 0.15) is 12.1 Å². The van der Waals surface area contributed by atoms with Gasteiger partial charge >= 0.3 is 6.09 Å². The SMILES string of the molecule is CC(C)(C)OC(=O)NCCNC(=O)CN1C(=O)c2ccc([N+](=O)[O-])cc2C1=O. The zero-order valence-corrected chi connectivity index (χ0v) is 15.6. The molecular formula is C17H20N4O7. The number of amides is 4. The molecular weight excluding hydrogens is 372 g/mol. The highest BCUT2D eigenvalue weighted by atomic mass is 16.6. The maximum Gasteiger partial charge on any atom is 0.407 e. The predicted molar refractivity (Wildman–Crippen MR) is 95.7 cm³/mol. The van der Waals surface area contributed by atoms with Gasteiger partial charge in [-0.05, 0) is 26.8 Å². The molecule has 11 heteroatoms. The Morgan fingerprint density at radius 3 is 2.32 bits per heavy atom. The molecule has 0 saturated carbocycles. The fourth-order valence-electron chi connectivity index (χ4n) is 2.42. The summed E-state index contributed by atoms with van der Waals surface area (Å²) in [4.78, 5) is 58.9. The third-order valence-corrected chi connectivity index (χ3v) is 3.58. The molecule has 0 unspecified atom stereocenters. The molecule has 2 rings (SSSR count). The Hall–Kier alpha value is -3.50. The lowest BCUT2D eigenvalue weighted by Crippen LogP contribution is -2.43. The maximum atomic E-state index is 12.3. The van der Waals surface area contributed by atoms with Gasteiger partial charge in [-0.1, -0.05) is 0 Å². The molecule has 150 valence electrons. The lowest BCUT2D eigenvalue weighted by molar-refractivity contribution is -0.384. The van der Waals surface area contributed by atoms with E-state index in [1.54, 1.807) is 20.8 Å². The average Bonchev–Trinajstić information content (AvgIpc) is 2.81. The summed E-state index contributed by atoms with van der Waals surface area (Å²) in [6.07, 6.45) is -0.635. The Kier molecular flexibility index (Phi) is 5.96. The van der Waals surface area contributed by atoms with Crippen molar-refractivity contribution >= 4 is 29.5 Å². The topological polar surface area (TPSA) is 148 Å². The van der Waals surface area contributed by atoms with Crippen LogP contribution in [0.5, 0.6) is 0 Å². The number of non-ortho nitro benzene ring substituents is 1. The molecule has 0 bridgehead atoms. The van der Waals surface area contributed by atoms with Crippen molar-refractivity contribution in [2.45, 2.75) is 26.4 Å². The van der Waals surface area contributed by atoms with E-state index in [1.165, 1.54) is 6.07 Å². The highest BCUT2D eigenvalue weighted by Crippen LogP contribution is 2.26. The van der Waals surface area contributed by atoms with Gasteiger partial charge in [0.2, 0.25) is 5.91 Å². The summed E-state index contributed by atoms with van der Waals surface area (Å²) < 4.78 is 5.03. The predicted octanol–water partition coefficient (Wildman–Crippen LogP) is 0.832. The third-order valence-electron chi connectivity index (χ3n) is 3.58. The van der Waals surface area contributed by atoms with E-state index in [1.807, 2.05) is 0 Å². The number of carbonyl (C=O) groups excluding carboxylic acids is 4. The molecule has 1 aromatic rings. The van der Waals surface area contributed by atoms with Crippen molar-refractivity contribution in [3.63, 3.8) is 0 Å². The number of nitrogens with zero attached hydrogens (tertiary/aromatic N) is 2. The molecule has 4 amide bonds. The Balaban J connectivity index is 1.86. The van der Waals surface area contributed by atoms with Crippen molar-refractivity contribution < 1.29 is 28.8 Å². The number of alkyl carbamates (subject to hydrolysis) is 1. The van der Waals surface area contributed by atoms with E-state index in [9.17, 15) is 29.3 Å². The molecule has 0 aliphatic carbocycles. The van der Waals surface area contributed by atoms with Gasteiger partial charge in [-0.3, -0.25) is 29.4 Å². The van der Waals surface area contributed by atoms with Crippen molar-refractivity contribution in [1.29, 1.82) is 0 Å². The van der Waals surface area contributed by atoms with E-state index in [-0.39, 0.29) is 29.9 Å². The quantitative estimate of drug-likeness (QED) is 0.315. The Morgan fingerprint density at radius 1 is 1.11 bits per heavy atom. The molecule has 0 aromatic heterocycles. The molecule has 1 aromatic carbocycles. The van der Waals surface area contributed by atoms with Crippen molar-refractivity contribution in [2.24, 2.45) is 0 Å². The van der Waals surface area contributed by atoms with Crippen LogP contribution >= 0.6 is 0 Å². The fraction of sp³-hybridized carbons (Fsp3) is 0.412. The summed E-state index contributed by atoms with van der Waals surface area (Å²) in [5.41, 5.74) is -1.07. The number of hydrogen-bond donors (Lipinski definition) is 2. The second-order valence-corrected chi connectivity index (χ2v) is 6.96. The molecule has 0 radical (unpaired) electrons. The lowest BCUT2D eigenvalue weighted by atomic mass is 10.1. The molecule has 1 heterocycles. The molecule has 0 saturated heterocycles. The number of fused-ring (bicyclic) bond motifs is 1. The Morgan fingerprint density at radius 2 is 1.71 bits per heavy atom. The average molecular weight is 392 g/mol. The number of hydrogen-bond acceptors (Lipinski definition) is 7. The molecule has 1 aliphatic rings. The smallest absolute Gasteiger partial charge is 0.407 e. The standard InChI is InChI=1S/C17H20N4O7/c1-17(2,3)28-16(25)19-7-6-18-13(22)9-20-14(23)11-5-4-10(21(26)27)8-12(11)15(20)24/h4-5,8H,6-7,9H2,1-3H3,(H,18,22)(H,19,25). The molecule has 0 spiro atoms. The molecule has 28 heavy (non-hydrogen) atoms. The molecule has 11 nitrogen and oxygen atoms in total. The van der Waals surface area contributed by atoms with Crippen LogP contribution in [0, 0.1) is 10.1 Å². The Labute approximate surface area is 160 Å². The van der Waals surface area contributed by atoms with Crippen LogP contribution in [-0.4, -0.2) is 58.9 Å². The van der Waals surface area contributed by atoms with Gasteiger partial charge in [-0.15, -0.1) is 0 Å². The Bertz CT molecular complexity index is 844. The van der Waals surface area contributed by atoms with Crippen LogP contribution < -0.4 is 10.6 Å². The number of rotatable bonds is 6. The van der Waals surface area contributed by atoms with Crippen molar-refractivity contribution in [2.75, 3.05) is 19.6 Å². The zero-order chi connectivity index (χ0) is 21.1.